The Bertz CT molecular complexity index is 251. The molecule has 1 atom stereocenters. The third-order valence-electron chi connectivity index (χ3n) is 3.91. The number of hydrogen-bond donors (Lipinski definition) is 1. The number of aliphatic hydroxyl groups excluding tert-OH is 1. The predicted octanol–water partition coefficient (Wildman–Crippen LogP) is 1.50. The zero-order chi connectivity index (χ0) is 11.5. The maximum Gasteiger partial charge on any atom is 0.223 e. The molecule has 1 N–H and O–H groups in total. The number of hydrogen-bond acceptors (Lipinski definition) is 3. The molecule has 92 valence electrons. The maximum absolute atomic E-state index is 11.8. The molecule has 4 heteroatoms. The fourth-order valence-electron chi connectivity index (χ4n) is 2.88. The van der Waals surface area contributed by atoms with Gasteiger partial charge >= 0.3 is 0 Å². The largest absolute Gasteiger partial charge is 0.396 e. The zero-order valence-electron chi connectivity index (χ0n) is 9.89. The lowest BCUT2D eigenvalue weighted by molar-refractivity contribution is -0.130. The number of likely N-dealkylation sites (tertiary alicyclic amines) is 1. The quantitative estimate of drug-likeness (QED) is 0.816. The van der Waals surface area contributed by atoms with Gasteiger partial charge in [0.25, 0.3) is 0 Å². The Kier molecular flexibility index (Phi) is 4.14. The molecule has 1 saturated heterocycles. The smallest absolute Gasteiger partial charge is 0.223 e. The summed E-state index contributed by atoms with van der Waals surface area (Å²) in [6.45, 7) is 0.937. The fraction of sp³-hybridized carbons (Fsp3) is 0.917. The molecule has 1 saturated carbocycles. The second-order valence-corrected chi connectivity index (χ2v) is 6.10. The topological polar surface area (TPSA) is 40.5 Å². The molecule has 16 heavy (non-hydrogen) atoms. The molecule has 2 rings (SSSR count). The SMILES string of the molecule is CSC1CCC(N2CC(CO)CC2=O)CC1. The Balaban J connectivity index is 1.87. The number of aliphatic hydroxyl groups is 1. The van der Waals surface area contributed by atoms with E-state index in [-0.39, 0.29) is 18.4 Å². The molecule has 1 aliphatic heterocycles. The number of carbonyl (C=O) groups excluding carboxylic acids is 1. The van der Waals surface area contributed by atoms with Gasteiger partial charge in [-0.05, 0) is 31.9 Å². The van der Waals surface area contributed by atoms with Crippen LogP contribution in [0.1, 0.15) is 32.1 Å². The average Bonchev–Trinajstić information content (AvgIpc) is 2.71. The van der Waals surface area contributed by atoms with Gasteiger partial charge < -0.3 is 10.0 Å². The Morgan fingerprint density at radius 3 is 2.56 bits per heavy atom. The number of nitrogens with zero attached hydrogens (tertiary/aromatic N) is 1. The normalized spacial score (nSPS) is 35.8. The highest BCUT2D eigenvalue weighted by Gasteiger charge is 2.35. The summed E-state index contributed by atoms with van der Waals surface area (Å²) in [5.74, 6) is 0.442. The minimum Gasteiger partial charge on any atom is -0.396 e. The van der Waals surface area contributed by atoms with E-state index in [0.29, 0.717) is 12.5 Å². The third-order valence-corrected chi connectivity index (χ3v) is 5.05. The van der Waals surface area contributed by atoms with Crippen molar-refractivity contribution in [1.29, 1.82) is 0 Å². The number of rotatable bonds is 3. The Hall–Kier alpha value is -0.220. The fourth-order valence-corrected chi connectivity index (χ4v) is 3.62. The first-order valence-corrected chi connectivity index (χ1v) is 7.46. The van der Waals surface area contributed by atoms with Crippen molar-refractivity contribution in [2.45, 2.75) is 43.4 Å². The summed E-state index contributed by atoms with van der Waals surface area (Å²) in [5, 5.41) is 9.89. The van der Waals surface area contributed by atoms with E-state index in [9.17, 15) is 4.79 Å². The first-order valence-electron chi connectivity index (χ1n) is 6.17. The lowest BCUT2D eigenvalue weighted by atomic mass is 9.94. The van der Waals surface area contributed by atoms with Crippen LogP contribution < -0.4 is 0 Å². The zero-order valence-corrected chi connectivity index (χ0v) is 10.7. The van der Waals surface area contributed by atoms with Crippen molar-refractivity contribution >= 4 is 17.7 Å². The van der Waals surface area contributed by atoms with Crippen molar-refractivity contribution in [2.75, 3.05) is 19.4 Å². The minimum absolute atomic E-state index is 0.155. The second-order valence-electron chi connectivity index (χ2n) is 4.97. The van der Waals surface area contributed by atoms with Gasteiger partial charge in [-0.2, -0.15) is 11.8 Å². The van der Waals surface area contributed by atoms with Gasteiger partial charge in [-0.3, -0.25) is 4.79 Å². The molecule has 0 spiro atoms. The van der Waals surface area contributed by atoms with Gasteiger partial charge in [0.05, 0.1) is 0 Å². The molecule has 1 unspecified atom stereocenters. The van der Waals surface area contributed by atoms with Gasteiger partial charge in [-0.1, -0.05) is 0 Å². The van der Waals surface area contributed by atoms with Crippen molar-refractivity contribution in [3.05, 3.63) is 0 Å². The van der Waals surface area contributed by atoms with E-state index in [1.807, 2.05) is 16.7 Å². The molecule has 2 fully saturated rings. The van der Waals surface area contributed by atoms with E-state index in [1.165, 1.54) is 12.8 Å². The molecule has 1 heterocycles. The predicted molar refractivity (Wildman–Crippen MR) is 66.5 cm³/mol. The van der Waals surface area contributed by atoms with Crippen LogP contribution in [0.25, 0.3) is 0 Å². The molecule has 1 aliphatic carbocycles. The maximum atomic E-state index is 11.8. The van der Waals surface area contributed by atoms with E-state index in [1.54, 1.807) is 0 Å². The van der Waals surface area contributed by atoms with Crippen molar-refractivity contribution in [2.24, 2.45) is 5.92 Å². The van der Waals surface area contributed by atoms with E-state index in [2.05, 4.69) is 6.26 Å². The van der Waals surface area contributed by atoms with E-state index >= 15 is 0 Å². The average molecular weight is 243 g/mol. The molecule has 0 radical (unpaired) electrons. The molecular formula is C12H21NO2S. The summed E-state index contributed by atoms with van der Waals surface area (Å²) in [6.07, 6.45) is 7.50. The Labute approximate surface area is 102 Å². The Morgan fingerprint density at radius 2 is 2.06 bits per heavy atom. The van der Waals surface area contributed by atoms with Gasteiger partial charge in [0.1, 0.15) is 0 Å². The second kappa shape index (κ2) is 5.41. The molecule has 3 nitrogen and oxygen atoms in total. The van der Waals surface area contributed by atoms with Crippen LogP contribution in [0.4, 0.5) is 0 Å². The number of amides is 1. The molecule has 1 amide bonds. The van der Waals surface area contributed by atoms with Crippen LogP contribution in [-0.2, 0) is 4.79 Å². The standard InChI is InChI=1S/C12H21NO2S/c1-16-11-4-2-10(3-5-11)13-7-9(8-14)6-12(13)15/h9-11,14H,2-8H2,1H3. The summed E-state index contributed by atoms with van der Waals surface area (Å²) in [6, 6.07) is 0.451. The molecule has 2 aliphatic rings. The summed E-state index contributed by atoms with van der Waals surface area (Å²) in [5.41, 5.74) is 0. The van der Waals surface area contributed by atoms with Gasteiger partial charge in [0.15, 0.2) is 0 Å². The highest BCUT2D eigenvalue weighted by atomic mass is 32.2. The first kappa shape index (κ1) is 12.2. The van der Waals surface area contributed by atoms with Crippen molar-refractivity contribution in [1.82, 2.24) is 4.90 Å². The monoisotopic (exact) mass is 243 g/mol. The number of carbonyl (C=O) groups is 1. The molecule has 0 aromatic heterocycles. The van der Waals surface area contributed by atoms with Gasteiger partial charge in [0, 0.05) is 36.8 Å². The van der Waals surface area contributed by atoms with Crippen LogP contribution in [0, 0.1) is 5.92 Å². The first-order chi connectivity index (χ1) is 7.74. The van der Waals surface area contributed by atoms with Crippen molar-refractivity contribution in [3.63, 3.8) is 0 Å². The molecule has 0 aromatic carbocycles. The van der Waals surface area contributed by atoms with Crippen LogP contribution in [0.5, 0.6) is 0 Å². The van der Waals surface area contributed by atoms with E-state index in [4.69, 9.17) is 5.11 Å². The van der Waals surface area contributed by atoms with Crippen molar-refractivity contribution in [3.8, 4) is 0 Å². The molecular weight excluding hydrogens is 222 g/mol. The summed E-state index contributed by atoms with van der Waals surface area (Å²) in [7, 11) is 0. The summed E-state index contributed by atoms with van der Waals surface area (Å²) in [4.78, 5) is 13.8. The highest BCUT2D eigenvalue weighted by molar-refractivity contribution is 7.99. The van der Waals surface area contributed by atoms with Gasteiger partial charge in [-0.15, -0.1) is 0 Å². The van der Waals surface area contributed by atoms with Crippen LogP contribution >= 0.6 is 11.8 Å². The lowest BCUT2D eigenvalue weighted by Gasteiger charge is -2.34. The third kappa shape index (κ3) is 2.54. The summed E-state index contributed by atoms with van der Waals surface area (Å²) >= 11 is 1.95. The van der Waals surface area contributed by atoms with Crippen molar-refractivity contribution < 1.29 is 9.90 Å². The molecule has 0 aromatic rings. The van der Waals surface area contributed by atoms with Gasteiger partial charge in [0.2, 0.25) is 5.91 Å². The van der Waals surface area contributed by atoms with Gasteiger partial charge in [-0.25, -0.2) is 0 Å². The highest BCUT2D eigenvalue weighted by Crippen LogP contribution is 2.32. The summed E-state index contributed by atoms with van der Waals surface area (Å²) < 4.78 is 0. The molecule has 0 bridgehead atoms. The van der Waals surface area contributed by atoms with E-state index < -0.39 is 0 Å². The van der Waals surface area contributed by atoms with Crippen LogP contribution in [0.3, 0.4) is 0 Å². The minimum atomic E-state index is 0.155. The van der Waals surface area contributed by atoms with E-state index in [0.717, 1.165) is 24.6 Å². The van der Waals surface area contributed by atoms with Crippen LogP contribution in [0.15, 0.2) is 0 Å². The lowest BCUT2D eigenvalue weighted by Crippen LogP contribution is -2.39. The number of thioether (sulfide) groups is 1. The Morgan fingerprint density at radius 1 is 1.38 bits per heavy atom. The van der Waals surface area contributed by atoms with Crippen LogP contribution in [-0.4, -0.2) is 46.6 Å². The van der Waals surface area contributed by atoms with Crippen LogP contribution in [0.2, 0.25) is 0 Å².